The Morgan fingerprint density at radius 3 is 2.74 bits per heavy atom. The van der Waals surface area contributed by atoms with Crippen molar-refractivity contribution in [3.8, 4) is 0 Å². The molecule has 3 rings (SSSR count). The molecule has 2 aliphatic rings. The van der Waals surface area contributed by atoms with E-state index in [1.807, 2.05) is 0 Å². The summed E-state index contributed by atoms with van der Waals surface area (Å²) in [6.45, 7) is 0.772. The number of primary amides is 1. The molecule has 1 aromatic rings. The van der Waals surface area contributed by atoms with Crippen molar-refractivity contribution in [2.75, 3.05) is 17.2 Å². The van der Waals surface area contributed by atoms with Crippen molar-refractivity contribution in [3.05, 3.63) is 23.8 Å². The number of nitrogens with one attached hydrogen (secondary N) is 2. The highest BCUT2D eigenvalue weighted by molar-refractivity contribution is 5.97. The third-order valence-electron chi connectivity index (χ3n) is 4.89. The lowest BCUT2D eigenvalue weighted by Gasteiger charge is -2.29. The molecule has 8 N–H and O–H groups in total. The average Bonchev–Trinajstić information content (AvgIpc) is 3.47. The van der Waals surface area contributed by atoms with Crippen LogP contribution in [-0.4, -0.2) is 40.7 Å². The van der Waals surface area contributed by atoms with Crippen molar-refractivity contribution in [1.82, 2.24) is 9.97 Å². The maximum atomic E-state index is 11.7. The number of hydrogen-bond acceptors (Lipinski definition) is 8. The molecule has 2 atom stereocenters. The van der Waals surface area contributed by atoms with E-state index in [-0.39, 0.29) is 23.6 Å². The second-order valence-corrected chi connectivity index (χ2v) is 7.20. The van der Waals surface area contributed by atoms with Crippen LogP contribution in [0, 0.1) is 5.92 Å². The number of aromatic nitrogens is 2. The van der Waals surface area contributed by atoms with E-state index in [1.54, 1.807) is 6.21 Å². The molecule has 1 aromatic heterocycles. The molecule has 0 saturated heterocycles. The summed E-state index contributed by atoms with van der Waals surface area (Å²) in [6.07, 6.45) is 11.2. The number of anilines is 2. The summed E-state index contributed by atoms with van der Waals surface area (Å²) in [4.78, 5) is 24.7. The molecule has 2 aliphatic carbocycles. The zero-order valence-corrected chi connectivity index (χ0v) is 15.4. The summed E-state index contributed by atoms with van der Waals surface area (Å²) in [5.41, 5.74) is 17.9. The number of carbonyl (C=O) groups is 1. The van der Waals surface area contributed by atoms with Crippen LogP contribution in [0.1, 0.15) is 49.0 Å². The van der Waals surface area contributed by atoms with Crippen molar-refractivity contribution < 1.29 is 4.79 Å². The molecule has 0 aromatic carbocycles. The van der Waals surface area contributed by atoms with Gasteiger partial charge in [-0.25, -0.2) is 9.97 Å². The topological polar surface area (TPSA) is 157 Å². The Hall–Kier alpha value is -2.68. The molecule has 1 amide bonds. The smallest absolute Gasteiger partial charge is 0.271 e. The van der Waals surface area contributed by atoms with E-state index in [9.17, 15) is 4.79 Å². The van der Waals surface area contributed by atoms with E-state index < -0.39 is 5.91 Å². The Morgan fingerprint density at radius 2 is 2.07 bits per heavy atom. The zero-order valence-electron chi connectivity index (χ0n) is 15.4. The first-order chi connectivity index (χ1) is 13.1. The molecule has 9 heteroatoms. The van der Waals surface area contributed by atoms with Crippen LogP contribution in [0.15, 0.2) is 23.1 Å². The number of allylic oxidation sites excluding steroid dienone is 1. The number of aliphatic imine (C=N–C) groups is 1. The minimum Gasteiger partial charge on any atom is -0.403 e. The molecular weight excluding hydrogens is 344 g/mol. The van der Waals surface area contributed by atoms with Crippen LogP contribution < -0.4 is 27.8 Å². The molecule has 27 heavy (non-hydrogen) atoms. The Balaban J connectivity index is 1.74. The third-order valence-corrected chi connectivity index (χ3v) is 4.89. The van der Waals surface area contributed by atoms with Crippen LogP contribution in [0.3, 0.4) is 0 Å². The van der Waals surface area contributed by atoms with Gasteiger partial charge >= 0.3 is 0 Å². The highest BCUT2D eigenvalue weighted by Crippen LogP contribution is 2.28. The van der Waals surface area contributed by atoms with Gasteiger partial charge in [0.2, 0.25) is 0 Å². The minimum absolute atomic E-state index is 0.0448. The molecule has 9 nitrogen and oxygen atoms in total. The highest BCUT2D eigenvalue weighted by Gasteiger charge is 2.23. The van der Waals surface area contributed by atoms with Gasteiger partial charge in [0.15, 0.2) is 11.5 Å². The lowest BCUT2D eigenvalue weighted by Crippen LogP contribution is -2.42. The Labute approximate surface area is 158 Å². The molecule has 2 saturated carbocycles. The second-order valence-electron chi connectivity index (χ2n) is 7.20. The van der Waals surface area contributed by atoms with Gasteiger partial charge in [0.1, 0.15) is 5.82 Å². The fraction of sp³-hybridized carbons (Fsp3) is 0.556. The van der Waals surface area contributed by atoms with Gasteiger partial charge in [0.25, 0.3) is 5.91 Å². The van der Waals surface area contributed by atoms with Gasteiger partial charge in [0.05, 0.1) is 11.9 Å². The maximum absolute atomic E-state index is 11.7. The molecule has 1 heterocycles. The van der Waals surface area contributed by atoms with E-state index >= 15 is 0 Å². The first-order valence-corrected chi connectivity index (χ1v) is 9.44. The fourth-order valence-corrected chi connectivity index (χ4v) is 3.11. The van der Waals surface area contributed by atoms with E-state index in [0.717, 1.165) is 32.2 Å². The number of nitrogens with two attached hydrogens (primary N) is 3. The second kappa shape index (κ2) is 8.81. The zero-order chi connectivity index (χ0) is 19.2. The van der Waals surface area contributed by atoms with Crippen molar-refractivity contribution in [3.63, 3.8) is 0 Å². The predicted molar refractivity (Wildman–Crippen MR) is 106 cm³/mol. The van der Waals surface area contributed by atoms with Crippen LogP contribution >= 0.6 is 0 Å². The molecule has 0 radical (unpaired) electrons. The van der Waals surface area contributed by atoms with Crippen LogP contribution in [0.5, 0.6) is 0 Å². The molecular formula is C18H28N8O. The standard InChI is InChI=1S/C18H28N8O/c19-7-12(9-22-8-11-5-6-11)24-18-16(17(21)27)23-10-15(26-18)25-14-4-2-1-3-13(14)20/h7,9-11,13-14H,1-6,8,19-20H2,(H2,21,27)(H2,24,25,26)/b12-7+,22-9?/t13-,14?/m0/s1. The average molecular weight is 372 g/mol. The van der Waals surface area contributed by atoms with Crippen LogP contribution in [-0.2, 0) is 0 Å². The third kappa shape index (κ3) is 5.40. The Bertz CT molecular complexity index is 728. The summed E-state index contributed by atoms with van der Waals surface area (Å²) in [6, 6.07) is 0.201. The molecule has 146 valence electrons. The van der Waals surface area contributed by atoms with Crippen molar-refractivity contribution in [2.24, 2.45) is 28.1 Å². The summed E-state index contributed by atoms with van der Waals surface area (Å²) in [5, 5.41) is 6.32. The lowest BCUT2D eigenvalue weighted by atomic mass is 9.91. The van der Waals surface area contributed by atoms with Crippen molar-refractivity contribution in [2.45, 2.75) is 50.6 Å². The van der Waals surface area contributed by atoms with E-state index in [2.05, 4.69) is 25.6 Å². The Morgan fingerprint density at radius 1 is 1.30 bits per heavy atom. The fourth-order valence-electron chi connectivity index (χ4n) is 3.11. The summed E-state index contributed by atoms with van der Waals surface area (Å²) in [7, 11) is 0. The molecule has 0 spiro atoms. The summed E-state index contributed by atoms with van der Waals surface area (Å²) in [5.74, 6) is 0.785. The number of hydrogen-bond donors (Lipinski definition) is 5. The van der Waals surface area contributed by atoms with Gasteiger partial charge in [-0.05, 0) is 31.6 Å². The van der Waals surface area contributed by atoms with E-state index in [1.165, 1.54) is 25.2 Å². The maximum Gasteiger partial charge on any atom is 0.271 e. The SMILES string of the molecule is N/C=C(\C=NCC1CC1)Nc1nc(NC2CCCC[C@@H]2N)cnc1C(N)=O. The first-order valence-electron chi connectivity index (χ1n) is 9.44. The number of nitrogens with zero attached hydrogens (tertiary/aromatic N) is 3. The van der Waals surface area contributed by atoms with E-state index in [4.69, 9.17) is 17.2 Å². The number of rotatable bonds is 8. The van der Waals surface area contributed by atoms with Crippen molar-refractivity contribution >= 4 is 23.8 Å². The summed E-state index contributed by atoms with van der Waals surface area (Å²) >= 11 is 0. The van der Waals surface area contributed by atoms with E-state index in [0.29, 0.717) is 17.4 Å². The van der Waals surface area contributed by atoms with Crippen LogP contribution in [0.25, 0.3) is 0 Å². The molecule has 0 aliphatic heterocycles. The highest BCUT2D eigenvalue weighted by atomic mass is 16.1. The number of carbonyl (C=O) groups excluding carboxylic acids is 1. The van der Waals surface area contributed by atoms with Gasteiger partial charge in [-0.3, -0.25) is 9.79 Å². The quantitative estimate of drug-likeness (QED) is 0.425. The van der Waals surface area contributed by atoms with Gasteiger partial charge in [-0.2, -0.15) is 0 Å². The largest absolute Gasteiger partial charge is 0.403 e. The monoisotopic (exact) mass is 372 g/mol. The Kier molecular flexibility index (Phi) is 6.23. The van der Waals surface area contributed by atoms with Gasteiger partial charge in [0, 0.05) is 31.0 Å². The number of amides is 1. The molecule has 1 unspecified atom stereocenters. The summed E-state index contributed by atoms with van der Waals surface area (Å²) < 4.78 is 0. The molecule has 2 fully saturated rings. The first kappa shape index (κ1) is 19.1. The van der Waals surface area contributed by atoms with Crippen LogP contribution in [0.4, 0.5) is 11.6 Å². The van der Waals surface area contributed by atoms with Gasteiger partial charge in [-0.1, -0.05) is 12.8 Å². The van der Waals surface area contributed by atoms with Gasteiger partial charge < -0.3 is 27.8 Å². The normalized spacial score (nSPS) is 23.4. The predicted octanol–water partition coefficient (Wildman–Crippen LogP) is 0.950. The molecule has 0 bridgehead atoms. The van der Waals surface area contributed by atoms with Crippen LogP contribution in [0.2, 0.25) is 0 Å². The van der Waals surface area contributed by atoms with Gasteiger partial charge in [-0.15, -0.1) is 0 Å². The van der Waals surface area contributed by atoms with Crippen molar-refractivity contribution in [1.29, 1.82) is 0 Å². The lowest BCUT2D eigenvalue weighted by molar-refractivity contribution is 0.0996. The minimum atomic E-state index is -0.669.